The summed E-state index contributed by atoms with van der Waals surface area (Å²) in [5.74, 6) is -1.29. The van der Waals surface area contributed by atoms with E-state index in [9.17, 15) is 14.4 Å². The van der Waals surface area contributed by atoms with E-state index in [0.29, 0.717) is 17.9 Å². The molecule has 0 unspecified atom stereocenters. The lowest BCUT2D eigenvalue weighted by molar-refractivity contribution is -0.156. The summed E-state index contributed by atoms with van der Waals surface area (Å²) >= 11 is 0. The lowest BCUT2D eigenvalue weighted by Gasteiger charge is -2.50. The summed E-state index contributed by atoms with van der Waals surface area (Å²) in [5, 5.41) is 2.93. The highest BCUT2D eigenvalue weighted by molar-refractivity contribution is 6.48. The summed E-state index contributed by atoms with van der Waals surface area (Å²) in [4.78, 5) is 40.7. The van der Waals surface area contributed by atoms with E-state index in [1.165, 1.54) is 4.90 Å². The number of rotatable bonds is 6. The second-order valence-corrected chi connectivity index (χ2v) is 13.2. The fraction of sp³-hybridized carbons (Fsp3) is 0.625. The first kappa shape index (κ1) is 24.4. The standard InChI is InChI=1S/C24H36N2O5Si/c1-14(19-18(20(27)25-19)16(23(2,3)4)13-30-32(7)8)21(28)26-22(29)15-11-9-10-12-17(15)31-24(26,5)6/h9-12,14,16,18-19,32H,13H2,1-8H3,(H,25,27)/t14-,16-,18+,19-/m1/s1. The number of nitrogens with zero attached hydrogens (tertiary/aromatic N) is 1. The molecule has 1 aromatic carbocycles. The highest BCUT2D eigenvalue weighted by atomic mass is 28.3. The van der Waals surface area contributed by atoms with Gasteiger partial charge >= 0.3 is 0 Å². The first-order valence-electron chi connectivity index (χ1n) is 11.3. The van der Waals surface area contributed by atoms with Crippen molar-refractivity contribution in [2.24, 2.45) is 23.2 Å². The molecule has 0 bridgehead atoms. The molecule has 7 nitrogen and oxygen atoms in total. The molecule has 0 radical (unpaired) electrons. The maximum Gasteiger partial charge on any atom is 0.267 e. The zero-order chi connectivity index (χ0) is 24.0. The molecule has 1 aromatic rings. The Kier molecular flexibility index (Phi) is 6.59. The van der Waals surface area contributed by atoms with Gasteiger partial charge in [-0.3, -0.25) is 14.4 Å². The van der Waals surface area contributed by atoms with Gasteiger partial charge in [-0.1, -0.05) is 39.8 Å². The Bertz CT molecular complexity index is 908. The van der Waals surface area contributed by atoms with Gasteiger partial charge in [-0.05, 0) is 50.4 Å². The molecule has 0 saturated carbocycles. The van der Waals surface area contributed by atoms with Gasteiger partial charge in [0.1, 0.15) is 5.75 Å². The summed E-state index contributed by atoms with van der Waals surface area (Å²) in [6, 6.07) is 6.57. The van der Waals surface area contributed by atoms with Gasteiger partial charge in [0.25, 0.3) is 5.91 Å². The van der Waals surface area contributed by atoms with Crippen LogP contribution < -0.4 is 10.1 Å². The molecule has 0 spiro atoms. The van der Waals surface area contributed by atoms with Gasteiger partial charge in [0.2, 0.25) is 11.8 Å². The molecule has 1 saturated heterocycles. The molecule has 2 aliphatic heterocycles. The second-order valence-electron chi connectivity index (χ2n) is 10.7. The number of carbonyl (C=O) groups is 3. The molecular weight excluding hydrogens is 424 g/mol. The minimum atomic E-state index is -1.26. The maximum atomic E-state index is 13.6. The molecule has 32 heavy (non-hydrogen) atoms. The van der Waals surface area contributed by atoms with Crippen molar-refractivity contribution in [2.75, 3.05) is 6.61 Å². The van der Waals surface area contributed by atoms with Crippen LogP contribution in [0.2, 0.25) is 13.1 Å². The van der Waals surface area contributed by atoms with E-state index in [4.69, 9.17) is 9.16 Å². The van der Waals surface area contributed by atoms with Crippen molar-refractivity contribution in [3.05, 3.63) is 29.8 Å². The SMILES string of the molecule is C[C@@H](C(=O)N1C(=O)c2ccccc2OC1(C)C)[C@H]1NC(=O)[C@H]1[C@@H](CO[SiH](C)C)C(C)(C)C. The third-order valence-electron chi connectivity index (χ3n) is 6.52. The Morgan fingerprint density at radius 2 is 1.88 bits per heavy atom. The fourth-order valence-electron chi connectivity index (χ4n) is 4.61. The molecule has 0 aliphatic carbocycles. The Hall–Kier alpha value is -2.19. The van der Waals surface area contributed by atoms with Crippen LogP contribution in [-0.2, 0) is 14.0 Å². The van der Waals surface area contributed by atoms with Crippen LogP contribution in [0.15, 0.2) is 24.3 Å². The van der Waals surface area contributed by atoms with E-state index in [2.05, 4.69) is 39.2 Å². The quantitative estimate of drug-likeness (QED) is 0.521. The van der Waals surface area contributed by atoms with E-state index in [1.54, 1.807) is 45.0 Å². The summed E-state index contributed by atoms with van der Waals surface area (Å²) in [5.41, 5.74) is -0.936. The van der Waals surface area contributed by atoms with Gasteiger partial charge in [0.05, 0.1) is 23.4 Å². The molecule has 8 heteroatoms. The lowest BCUT2D eigenvalue weighted by atomic mass is 9.65. The van der Waals surface area contributed by atoms with Gasteiger partial charge in [0, 0.05) is 6.61 Å². The first-order chi connectivity index (χ1) is 14.8. The molecule has 3 amide bonds. The number of carbonyl (C=O) groups excluding carboxylic acids is 3. The highest BCUT2D eigenvalue weighted by Gasteiger charge is 2.54. The molecule has 1 N–H and O–H groups in total. The Balaban J connectivity index is 1.86. The smallest absolute Gasteiger partial charge is 0.267 e. The normalized spacial score (nSPS) is 24.2. The average Bonchev–Trinajstić information content (AvgIpc) is 2.66. The van der Waals surface area contributed by atoms with Crippen LogP contribution in [0.25, 0.3) is 0 Å². The third-order valence-corrected chi connectivity index (χ3v) is 7.38. The average molecular weight is 461 g/mol. The minimum absolute atomic E-state index is 0.0338. The van der Waals surface area contributed by atoms with Crippen molar-refractivity contribution < 1.29 is 23.5 Å². The predicted molar refractivity (Wildman–Crippen MR) is 125 cm³/mol. The molecule has 0 aromatic heterocycles. The molecular formula is C24H36N2O5Si. The topological polar surface area (TPSA) is 84.9 Å². The summed E-state index contributed by atoms with van der Waals surface area (Å²) < 4.78 is 12.0. The number of fused-ring (bicyclic) bond motifs is 1. The van der Waals surface area contributed by atoms with Gasteiger partial charge in [0.15, 0.2) is 14.8 Å². The van der Waals surface area contributed by atoms with Crippen molar-refractivity contribution in [2.45, 2.75) is 66.4 Å². The van der Waals surface area contributed by atoms with E-state index in [0.717, 1.165) is 0 Å². The van der Waals surface area contributed by atoms with Crippen molar-refractivity contribution in [3.8, 4) is 5.75 Å². The molecule has 1 fully saturated rings. The van der Waals surface area contributed by atoms with Crippen LogP contribution in [0.1, 0.15) is 51.9 Å². The van der Waals surface area contributed by atoms with Crippen molar-refractivity contribution >= 4 is 26.8 Å². The number of hydrogen-bond donors (Lipinski definition) is 1. The van der Waals surface area contributed by atoms with Crippen molar-refractivity contribution in [1.82, 2.24) is 10.2 Å². The largest absolute Gasteiger partial charge is 0.467 e. The second kappa shape index (κ2) is 8.63. The van der Waals surface area contributed by atoms with Crippen LogP contribution in [0.3, 0.4) is 0 Å². The van der Waals surface area contributed by atoms with Gasteiger partial charge in [-0.2, -0.15) is 0 Å². The monoisotopic (exact) mass is 460 g/mol. The third kappa shape index (κ3) is 4.48. The summed E-state index contributed by atoms with van der Waals surface area (Å²) in [6.45, 7) is 16.2. The van der Waals surface area contributed by atoms with Crippen molar-refractivity contribution in [1.29, 1.82) is 0 Å². The molecule has 2 aliphatic rings. The highest BCUT2D eigenvalue weighted by Crippen LogP contribution is 2.41. The van der Waals surface area contributed by atoms with Crippen LogP contribution in [0.4, 0.5) is 0 Å². The summed E-state index contributed by atoms with van der Waals surface area (Å²) in [6.07, 6.45) is 0. The number of ether oxygens (including phenoxy) is 1. The first-order valence-corrected chi connectivity index (χ1v) is 14.1. The van der Waals surface area contributed by atoms with E-state index < -0.39 is 20.7 Å². The molecule has 2 heterocycles. The summed E-state index contributed by atoms with van der Waals surface area (Å²) in [7, 11) is -1.26. The van der Waals surface area contributed by atoms with Crippen LogP contribution in [0, 0.1) is 23.2 Å². The Morgan fingerprint density at radius 3 is 2.44 bits per heavy atom. The molecule has 176 valence electrons. The number of hydrogen-bond acceptors (Lipinski definition) is 5. The number of β-lactam (4-membered cyclic amide) rings is 1. The van der Waals surface area contributed by atoms with E-state index in [1.807, 2.05) is 0 Å². The van der Waals surface area contributed by atoms with Gasteiger partial charge in [-0.15, -0.1) is 0 Å². The molecule has 4 atom stereocenters. The number of para-hydroxylation sites is 1. The number of nitrogens with one attached hydrogen (secondary N) is 1. The van der Waals surface area contributed by atoms with Crippen molar-refractivity contribution in [3.63, 3.8) is 0 Å². The fourth-order valence-corrected chi connectivity index (χ4v) is 5.20. The van der Waals surface area contributed by atoms with E-state index >= 15 is 0 Å². The number of benzene rings is 1. The van der Waals surface area contributed by atoms with Gasteiger partial charge < -0.3 is 14.5 Å². The van der Waals surface area contributed by atoms with E-state index in [-0.39, 0.29) is 41.0 Å². The lowest BCUT2D eigenvalue weighted by Crippen LogP contribution is -2.69. The predicted octanol–water partition coefficient (Wildman–Crippen LogP) is 3.20. The Morgan fingerprint density at radius 1 is 1.25 bits per heavy atom. The van der Waals surface area contributed by atoms with Crippen LogP contribution in [0.5, 0.6) is 5.75 Å². The van der Waals surface area contributed by atoms with Crippen LogP contribution in [-0.4, -0.2) is 50.0 Å². The van der Waals surface area contributed by atoms with Gasteiger partial charge in [-0.25, -0.2) is 4.90 Å². The zero-order valence-electron chi connectivity index (χ0n) is 20.4. The number of amides is 3. The minimum Gasteiger partial charge on any atom is -0.467 e. The Labute approximate surface area is 192 Å². The van der Waals surface area contributed by atoms with Crippen LogP contribution >= 0.6 is 0 Å². The number of imide groups is 1. The molecule has 3 rings (SSSR count). The zero-order valence-corrected chi connectivity index (χ0v) is 21.5. The maximum absolute atomic E-state index is 13.6.